The molecule has 2 aromatic carbocycles. The van der Waals surface area contributed by atoms with Crippen molar-refractivity contribution in [2.45, 2.75) is 25.0 Å². The molecule has 0 radical (unpaired) electrons. The number of hydrogen-bond acceptors (Lipinski definition) is 2. The van der Waals surface area contributed by atoms with Crippen LogP contribution in [0.25, 0.3) is 11.1 Å². The number of aliphatic hydroxyl groups is 2. The molecule has 4 heteroatoms. The van der Waals surface area contributed by atoms with Crippen LogP contribution in [-0.2, 0) is 11.2 Å². The van der Waals surface area contributed by atoms with E-state index in [1.165, 1.54) is 0 Å². The summed E-state index contributed by atoms with van der Waals surface area (Å²) in [6.07, 6.45) is 0. The van der Waals surface area contributed by atoms with Gasteiger partial charge in [0.05, 0.1) is 0 Å². The van der Waals surface area contributed by atoms with Crippen molar-refractivity contribution in [1.82, 2.24) is 0 Å². The van der Waals surface area contributed by atoms with Gasteiger partial charge in [-0.1, -0.05) is 44.0 Å². The molecule has 0 heterocycles. The molecule has 2 atom stereocenters. The normalized spacial score (nSPS) is 27.9. The Morgan fingerprint density at radius 1 is 0.750 bits per heavy atom. The standard InChI is InChI=1S/C16H14Br2O2/c1-15(19)13-5-3-9(17)7-11(13)12-8-10(18)4-6-14(12)16(15,2)20/h3-8,19-20H,1-2H3/t15-,16-/m1/s1. The summed E-state index contributed by atoms with van der Waals surface area (Å²) in [4.78, 5) is 0. The number of benzene rings is 2. The molecule has 104 valence electrons. The second kappa shape index (κ2) is 4.41. The fourth-order valence-electron chi connectivity index (χ4n) is 2.85. The molecular formula is C16H14Br2O2. The zero-order valence-corrected chi connectivity index (χ0v) is 14.3. The molecule has 3 rings (SSSR count). The van der Waals surface area contributed by atoms with Crippen LogP contribution >= 0.6 is 31.9 Å². The first-order valence-electron chi connectivity index (χ1n) is 6.30. The maximum atomic E-state index is 10.9. The minimum atomic E-state index is -1.34. The number of fused-ring (bicyclic) bond motifs is 3. The molecule has 0 unspecified atom stereocenters. The molecule has 0 spiro atoms. The Hall–Kier alpha value is -0.680. The summed E-state index contributed by atoms with van der Waals surface area (Å²) in [5, 5.41) is 21.8. The van der Waals surface area contributed by atoms with Gasteiger partial charge >= 0.3 is 0 Å². The van der Waals surface area contributed by atoms with Gasteiger partial charge in [0.15, 0.2) is 0 Å². The molecule has 0 fully saturated rings. The lowest BCUT2D eigenvalue weighted by molar-refractivity contribution is -0.144. The highest BCUT2D eigenvalue weighted by Crippen LogP contribution is 2.52. The molecule has 0 aromatic heterocycles. The highest BCUT2D eigenvalue weighted by molar-refractivity contribution is 9.10. The molecule has 0 aliphatic heterocycles. The van der Waals surface area contributed by atoms with E-state index in [2.05, 4.69) is 31.9 Å². The van der Waals surface area contributed by atoms with Gasteiger partial charge in [-0.3, -0.25) is 0 Å². The van der Waals surface area contributed by atoms with Crippen molar-refractivity contribution in [3.05, 3.63) is 56.5 Å². The Morgan fingerprint density at radius 3 is 1.45 bits per heavy atom. The first kappa shape index (κ1) is 14.3. The lowest BCUT2D eigenvalue weighted by Crippen LogP contribution is -2.47. The Labute approximate surface area is 134 Å². The molecular weight excluding hydrogens is 384 g/mol. The number of hydrogen-bond donors (Lipinski definition) is 2. The van der Waals surface area contributed by atoms with Crippen LogP contribution in [0.4, 0.5) is 0 Å². The fourth-order valence-corrected chi connectivity index (χ4v) is 3.57. The molecule has 0 saturated carbocycles. The molecule has 0 bridgehead atoms. The van der Waals surface area contributed by atoms with Gasteiger partial charge in [-0.15, -0.1) is 0 Å². The van der Waals surface area contributed by atoms with Crippen LogP contribution < -0.4 is 0 Å². The predicted molar refractivity (Wildman–Crippen MR) is 86.4 cm³/mol. The summed E-state index contributed by atoms with van der Waals surface area (Å²) in [5.74, 6) is 0. The van der Waals surface area contributed by atoms with E-state index in [1.807, 2.05) is 36.4 Å². The third-order valence-electron chi connectivity index (χ3n) is 4.25. The smallest absolute Gasteiger partial charge is 0.120 e. The van der Waals surface area contributed by atoms with E-state index < -0.39 is 11.2 Å². The van der Waals surface area contributed by atoms with Gasteiger partial charge in [-0.05, 0) is 60.4 Å². The minimum absolute atomic E-state index is 0.733. The Kier molecular flexibility index (Phi) is 3.14. The summed E-state index contributed by atoms with van der Waals surface area (Å²) in [6.45, 7) is 3.31. The van der Waals surface area contributed by atoms with Gasteiger partial charge in [-0.25, -0.2) is 0 Å². The topological polar surface area (TPSA) is 40.5 Å². The van der Waals surface area contributed by atoms with E-state index in [0.717, 1.165) is 31.2 Å². The molecule has 1 aliphatic rings. The molecule has 2 N–H and O–H groups in total. The fraction of sp³-hybridized carbons (Fsp3) is 0.250. The summed E-state index contributed by atoms with van der Waals surface area (Å²) in [6, 6.07) is 11.4. The van der Waals surface area contributed by atoms with E-state index >= 15 is 0 Å². The van der Waals surface area contributed by atoms with Crippen LogP contribution in [0.15, 0.2) is 45.3 Å². The van der Waals surface area contributed by atoms with E-state index in [9.17, 15) is 10.2 Å². The van der Waals surface area contributed by atoms with Crippen molar-refractivity contribution >= 4 is 31.9 Å². The SMILES string of the molecule is C[C@@]1(O)c2ccc(Br)cc2-c2cc(Br)ccc2[C@@]1(C)O. The first-order valence-corrected chi connectivity index (χ1v) is 7.89. The van der Waals surface area contributed by atoms with Crippen molar-refractivity contribution in [2.24, 2.45) is 0 Å². The lowest BCUT2D eigenvalue weighted by Gasteiger charge is -2.45. The Bertz CT molecular complexity index is 644. The van der Waals surface area contributed by atoms with Gasteiger partial charge in [-0.2, -0.15) is 0 Å². The zero-order valence-electron chi connectivity index (χ0n) is 11.1. The third kappa shape index (κ3) is 1.82. The highest BCUT2D eigenvalue weighted by atomic mass is 79.9. The van der Waals surface area contributed by atoms with Crippen LogP contribution in [0.2, 0.25) is 0 Å². The minimum Gasteiger partial charge on any atom is -0.382 e. The maximum Gasteiger partial charge on any atom is 0.120 e. The summed E-state index contributed by atoms with van der Waals surface area (Å²) in [7, 11) is 0. The molecule has 0 amide bonds. The predicted octanol–water partition coefficient (Wildman–Crippen LogP) is 4.31. The summed E-state index contributed by atoms with van der Waals surface area (Å²) >= 11 is 6.94. The second-order valence-corrected chi connectivity index (χ2v) is 7.36. The van der Waals surface area contributed by atoms with Crippen LogP contribution in [0.1, 0.15) is 25.0 Å². The Balaban J connectivity index is 2.44. The van der Waals surface area contributed by atoms with Gasteiger partial charge in [0.25, 0.3) is 0 Å². The second-order valence-electron chi connectivity index (χ2n) is 5.52. The van der Waals surface area contributed by atoms with Gasteiger partial charge in [0.2, 0.25) is 0 Å². The van der Waals surface area contributed by atoms with Crippen molar-refractivity contribution in [1.29, 1.82) is 0 Å². The van der Waals surface area contributed by atoms with Crippen LogP contribution in [0.3, 0.4) is 0 Å². The van der Waals surface area contributed by atoms with Crippen LogP contribution in [0, 0.1) is 0 Å². The quantitative estimate of drug-likeness (QED) is 0.695. The van der Waals surface area contributed by atoms with Gasteiger partial charge < -0.3 is 10.2 Å². The van der Waals surface area contributed by atoms with Crippen LogP contribution in [0.5, 0.6) is 0 Å². The summed E-state index contributed by atoms with van der Waals surface area (Å²) in [5.41, 5.74) is 0.653. The van der Waals surface area contributed by atoms with Gasteiger partial charge in [0.1, 0.15) is 11.2 Å². The van der Waals surface area contributed by atoms with Crippen molar-refractivity contribution in [2.75, 3.05) is 0 Å². The lowest BCUT2D eigenvalue weighted by atomic mass is 9.67. The van der Waals surface area contributed by atoms with E-state index in [0.29, 0.717) is 0 Å². The number of halogens is 2. The molecule has 2 aromatic rings. The zero-order chi connectivity index (χ0) is 14.7. The highest BCUT2D eigenvalue weighted by Gasteiger charge is 2.50. The van der Waals surface area contributed by atoms with E-state index in [4.69, 9.17) is 0 Å². The largest absolute Gasteiger partial charge is 0.382 e. The van der Waals surface area contributed by atoms with E-state index in [1.54, 1.807) is 13.8 Å². The van der Waals surface area contributed by atoms with Crippen molar-refractivity contribution in [3.63, 3.8) is 0 Å². The van der Waals surface area contributed by atoms with E-state index in [-0.39, 0.29) is 0 Å². The molecule has 0 saturated heterocycles. The van der Waals surface area contributed by atoms with Crippen molar-refractivity contribution in [3.8, 4) is 11.1 Å². The first-order chi connectivity index (χ1) is 9.25. The van der Waals surface area contributed by atoms with Crippen molar-refractivity contribution < 1.29 is 10.2 Å². The van der Waals surface area contributed by atoms with Gasteiger partial charge in [0, 0.05) is 8.95 Å². The average molecular weight is 398 g/mol. The summed E-state index contributed by atoms with van der Waals surface area (Å²) < 4.78 is 1.89. The molecule has 1 aliphatic carbocycles. The monoisotopic (exact) mass is 396 g/mol. The number of rotatable bonds is 0. The maximum absolute atomic E-state index is 10.9. The van der Waals surface area contributed by atoms with Crippen LogP contribution in [-0.4, -0.2) is 10.2 Å². The Morgan fingerprint density at radius 2 is 1.10 bits per heavy atom. The molecule has 20 heavy (non-hydrogen) atoms. The third-order valence-corrected chi connectivity index (χ3v) is 5.24. The average Bonchev–Trinajstić information content (AvgIpc) is 2.36. The molecule has 2 nitrogen and oxygen atoms in total.